The maximum atomic E-state index is 13.6. The molecule has 0 radical (unpaired) electrons. The van der Waals surface area contributed by atoms with Gasteiger partial charge in [0, 0.05) is 19.8 Å². The van der Waals surface area contributed by atoms with Gasteiger partial charge in [-0.15, -0.1) is 0 Å². The summed E-state index contributed by atoms with van der Waals surface area (Å²) in [6.07, 6.45) is 1.57. The highest BCUT2D eigenvalue weighted by atomic mass is 79.9. The summed E-state index contributed by atoms with van der Waals surface area (Å²) >= 11 is 3.12. The molecule has 5 nitrogen and oxygen atoms in total. The smallest absolute Gasteiger partial charge is 0.241 e. The molecular formula is C11H15BrFNO4S. The van der Waals surface area contributed by atoms with Gasteiger partial charge < -0.3 is 9.47 Å². The van der Waals surface area contributed by atoms with Crippen LogP contribution in [-0.2, 0) is 14.8 Å². The van der Waals surface area contributed by atoms with Crippen molar-refractivity contribution in [2.24, 2.45) is 5.14 Å². The molecule has 19 heavy (non-hydrogen) atoms. The number of sulfonamides is 1. The Balaban J connectivity index is 2.74. The summed E-state index contributed by atoms with van der Waals surface area (Å²) in [5.41, 5.74) is 0. The Kier molecular flexibility index (Phi) is 6.18. The van der Waals surface area contributed by atoms with E-state index < -0.39 is 20.7 Å². The quantitative estimate of drug-likeness (QED) is 0.759. The molecule has 1 rings (SSSR count). The van der Waals surface area contributed by atoms with Crippen molar-refractivity contribution in [2.45, 2.75) is 17.7 Å². The zero-order valence-electron chi connectivity index (χ0n) is 10.4. The van der Waals surface area contributed by atoms with Crippen molar-refractivity contribution in [1.29, 1.82) is 0 Å². The lowest BCUT2D eigenvalue weighted by Gasteiger charge is -2.10. The molecule has 0 aromatic heterocycles. The predicted octanol–water partition coefficient (Wildman–Crippen LogP) is 2.04. The molecule has 0 atom stereocenters. The molecule has 0 bridgehead atoms. The molecule has 0 saturated carbocycles. The number of benzene rings is 1. The van der Waals surface area contributed by atoms with E-state index in [0.29, 0.717) is 17.7 Å². The summed E-state index contributed by atoms with van der Waals surface area (Å²) in [5.74, 6) is -0.695. The normalized spacial score (nSPS) is 11.6. The lowest BCUT2D eigenvalue weighted by molar-refractivity contribution is 0.184. The van der Waals surface area contributed by atoms with Gasteiger partial charge in [-0.3, -0.25) is 0 Å². The summed E-state index contributed by atoms with van der Waals surface area (Å²) in [7, 11) is -2.47. The highest BCUT2D eigenvalue weighted by Gasteiger charge is 2.17. The standard InChI is InChI=1S/C11H15BrFNO4S/c1-17-4-2-3-5-18-10-7-9(13)11(6-8(10)12)19(14,15)16/h6-7H,2-5H2,1H3,(H2,14,15,16). The van der Waals surface area contributed by atoms with Crippen molar-refractivity contribution in [3.63, 3.8) is 0 Å². The van der Waals surface area contributed by atoms with Crippen LogP contribution in [0.15, 0.2) is 21.5 Å². The van der Waals surface area contributed by atoms with E-state index in [9.17, 15) is 12.8 Å². The number of hydrogen-bond acceptors (Lipinski definition) is 4. The lowest BCUT2D eigenvalue weighted by Crippen LogP contribution is -2.14. The van der Waals surface area contributed by atoms with Crippen LogP contribution in [-0.4, -0.2) is 28.7 Å². The molecule has 0 unspecified atom stereocenters. The first kappa shape index (κ1) is 16.4. The number of ether oxygens (including phenoxy) is 2. The van der Waals surface area contributed by atoms with Crippen LogP contribution in [0.5, 0.6) is 5.75 Å². The molecule has 0 aliphatic rings. The lowest BCUT2D eigenvalue weighted by atomic mass is 10.3. The summed E-state index contributed by atoms with van der Waals surface area (Å²) in [5, 5.41) is 4.89. The van der Waals surface area contributed by atoms with Gasteiger partial charge in [-0.25, -0.2) is 17.9 Å². The van der Waals surface area contributed by atoms with Crippen LogP contribution < -0.4 is 9.88 Å². The van der Waals surface area contributed by atoms with E-state index in [0.717, 1.165) is 25.0 Å². The minimum absolute atomic E-state index is 0.238. The van der Waals surface area contributed by atoms with Crippen LogP contribution in [0.4, 0.5) is 4.39 Å². The molecule has 0 heterocycles. The highest BCUT2D eigenvalue weighted by molar-refractivity contribution is 9.10. The van der Waals surface area contributed by atoms with Crippen LogP contribution in [0.25, 0.3) is 0 Å². The zero-order valence-corrected chi connectivity index (χ0v) is 12.8. The Morgan fingerprint density at radius 3 is 2.53 bits per heavy atom. The monoisotopic (exact) mass is 355 g/mol. The minimum atomic E-state index is -4.08. The third-order valence-electron chi connectivity index (χ3n) is 2.29. The Morgan fingerprint density at radius 2 is 1.95 bits per heavy atom. The van der Waals surface area contributed by atoms with Gasteiger partial charge in [0.05, 0.1) is 11.1 Å². The maximum absolute atomic E-state index is 13.6. The van der Waals surface area contributed by atoms with Crippen molar-refractivity contribution in [3.05, 3.63) is 22.4 Å². The fraction of sp³-hybridized carbons (Fsp3) is 0.455. The number of primary sulfonamides is 1. The van der Waals surface area contributed by atoms with Crippen LogP contribution in [0, 0.1) is 5.82 Å². The van der Waals surface area contributed by atoms with Crippen molar-refractivity contribution < 1.29 is 22.3 Å². The average molecular weight is 356 g/mol. The summed E-state index contributed by atoms with van der Waals surface area (Å²) in [4.78, 5) is -0.564. The number of unbranched alkanes of at least 4 members (excludes halogenated alkanes) is 1. The van der Waals surface area contributed by atoms with Crippen molar-refractivity contribution in [3.8, 4) is 5.75 Å². The molecule has 1 aromatic carbocycles. The molecule has 0 spiro atoms. The van der Waals surface area contributed by atoms with E-state index in [1.807, 2.05) is 0 Å². The van der Waals surface area contributed by atoms with E-state index in [1.165, 1.54) is 0 Å². The summed E-state index contributed by atoms with van der Waals surface area (Å²) < 4.78 is 46.4. The fourth-order valence-corrected chi connectivity index (χ4v) is 2.59. The van der Waals surface area contributed by atoms with E-state index in [2.05, 4.69) is 15.9 Å². The third-order valence-corrected chi connectivity index (χ3v) is 3.84. The molecule has 0 amide bonds. The van der Waals surface area contributed by atoms with E-state index >= 15 is 0 Å². The van der Waals surface area contributed by atoms with Gasteiger partial charge in [0.15, 0.2) is 0 Å². The van der Waals surface area contributed by atoms with Gasteiger partial charge in [-0.2, -0.15) is 0 Å². The molecule has 8 heteroatoms. The second-order valence-corrected chi connectivity index (χ2v) is 6.19. The van der Waals surface area contributed by atoms with Crippen molar-refractivity contribution in [1.82, 2.24) is 0 Å². The second kappa shape index (κ2) is 7.18. The van der Waals surface area contributed by atoms with Gasteiger partial charge in [0.2, 0.25) is 10.0 Å². The zero-order chi connectivity index (χ0) is 14.5. The van der Waals surface area contributed by atoms with Gasteiger partial charge >= 0.3 is 0 Å². The van der Waals surface area contributed by atoms with E-state index in [1.54, 1.807) is 7.11 Å². The van der Waals surface area contributed by atoms with Gasteiger partial charge in [0.25, 0.3) is 0 Å². The Morgan fingerprint density at radius 1 is 1.32 bits per heavy atom. The first-order valence-electron chi connectivity index (χ1n) is 5.50. The van der Waals surface area contributed by atoms with Crippen LogP contribution in [0.2, 0.25) is 0 Å². The second-order valence-electron chi connectivity index (χ2n) is 3.81. The van der Waals surface area contributed by atoms with Crippen molar-refractivity contribution in [2.75, 3.05) is 20.3 Å². The minimum Gasteiger partial charge on any atom is -0.492 e. The van der Waals surface area contributed by atoms with Gasteiger partial charge in [0.1, 0.15) is 16.5 Å². The molecule has 1 aromatic rings. The van der Waals surface area contributed by atoms with E-state index in [-0.39, 0.29) is 5.75 Å². The molecule has 0 saturated heterocycles. The van der Waals surface area contributed by atoms with Crippen LogP contribution in [0.1, 0.15) is 12.8 Å². The Labute approximate surface area is 120 Å². The molecule has 2 N–H and O–H groups in total. The number of methoxy groups -OCH3 is 1. The number of nitrogens with two attached hydrogens (primary N) is 1. The molecule has 108 valence electrons. The SMILES string of the molecule is COCCCCOc1cc(F)c(S(N)(=O)=O)cc1Br. The summed E-state index contributed by atoms with van der Waals surface area (Å²) in [6.45, 7) is 1.01. The number of rotatable bonds is 7. The molecule has 0 fully saturated rings. The number of halogens is 2. The Hall–Kier alpha value is -0.700. The van der Waals surface area contributed by atoms with Crippen molar-refractivity contribution >= 4 is 26.0 Å². The van der Waals surface area contributed by atoms with Gasteiger partial charge in [-0.1, -0.05) is 0 Å². The molecule has 0 aliphatic heterocycles. The fourth-order valence-electron chi connectivity index (χ4n) is 1.37. The largest absolute Gasteiger partial charge is 0.492 e. The highest BCUT2D eigenvalue weighted by Crippen LogP contribution is 2.30. The van der Waals surface area contributed by atoms with Crippen LogP contribution in [0.3, 0.4) is 0 Å². The average Bonchev–Trinajstić information content (AvgIpc) is 2.31. The van der Waals surface area contributed by atoms with E-state index in [4.69, 9.17) is 14.6 Å². The summed E-state index contributed by atoms with van der Waals surface area (Å²) in [6, 6.07) is 2.09. The molecular weight excluding hydrogens is 341 g/mol. The topological polar surface area (TPSA) is 78.6 Å². The predicted molar refractivity (Wildman–Crippen MR) is 72.1 cm³/mol. The third kappa shape index (κ3) is 5.06. The first-order valence-corrected chi connectivity index (χ1v) is 7.83. The first-order chi connectivity index (χ1) is 8.86. The maximum Gasteiger partial charge on any atom is 0.241 e. The Bertz CT molecular complexity index is 536. The molecule has 0 aliphatic carbocycles. The number of hydrogen-bond donors (Lipinski definition) is 1. The van der Waals surface area contributed by atoms with Crippen LogP contribution >= 0.6 is 15.9 Å². The van der Waals surface area contributed by atoms with Gasteiger partial charge in [-0.05, 0) is 34.8 Å².